The van der Waals surface area contributed by atoms with Gasteiger partial charge in [-0.05, 0) is 23.8 Å². The van der Waals surface area contributed by atoms with Crippen molar-refractivity contribution < 1.29 is 45.9 Å². The van der Waals surface area contributed by atoms with Gasteiger partial charge in [-0.1, -0.05) is 68.2 Å². The van der Waals surface area contributed by atoms with Crippen molar-refractivity contribution in [2.75, 3.05) is 12.8 Å². The van der Waals surface area contributed by atoms with Gasteiger partial charge in [0.1, 0.15) is 0 Å². The van der Waals surface area contributed by atoms with E-state index in [0.29, 0.717) is 5.92 Å². The molecule has 0 amide bonds. The van der Waals surface area contributed by atoms with E-state index in [9.17, 15) is 13.2 Å². The Bertz CT molecular complexity index is 383. The number of rotatable bonds is 4. The Morgan fingerprint density at radius 2 is 1.46 bits per heavy atom. The molecule has 0 spiro atoms. The maximum absolute atomic E-state index is 11.4. The average Bonchev–Trinajstić information content (AvgIpc) is 2.36. The second-order valence-electron chi connectivity index (χ2n) is 5.05. The molecule has 0 aliphatic carbocycles. The Hall–Kier alpha value is 0.424. The predicted octanol–water partition coefficient (Wildman–Crippen LogP) is 6.98. The third-order valence-corrected chi connectivity index (χ3v) is 3.28. The Morgan fingerprint density at radius 3 is 1.71 bits per heavy atom. The average molecular weight is 444 g/mol. The van der Waals surface area contributed by atoms with E-state index >= 15 is 0 Å². The van der Waals surface area contributed by atoms with E-state index in [0.717, 1.165) is 0 Å². The van der Waals surface area contributed by atoms with Crippen LogP contribution in [0.4, 0.5) is 13.2 Å². The van der Waals surface area contributed by atoms with Crippen LogP contribution in [-0.2, 0) is 32.7 Å². The summed E-state index contributed by atoms with van der Waals surface area (Å²) < 4.78 is 34.1. The Balaban J connectivity index is -0.0000000874. The van der Waals surface area contributed by atoms with Crippen LogP contribution in [0.3, 0.4) is 0 Å². The number of thioether (sulfide) groups is 1. The molecule has 143 valence electrons. The second kappa shape index (κ2) is 18.2. The normalized spacial score (nSPS) is 9.58. The molecule has 0 saturated carbocycles. The fourth-order valence-electron chi connectivity index (χ4n) is 1.46. The van der Waals surface area contributed by atoms with E-state index in [1.165, 1.54) is 10.5 Å². The molecule has 1 aromatic carbocycles. The molecule has 0 fully saturated rings. The number of halogens is 3. The molecule has 0 bridgehead atoms. The molecule has 0 saturated heterocycles. The molecule has 0 aromatic heterocycles. The Kier molecular flexibility index (Phi) is 27.0. The van der Waals surface area contributed by atoms with Crippen molar-refractivity contribution in [2.24, 2.45) is 0 Å². The van der Waals surface area contributed by atoms with Crippen molar-refractivity contribution >= 4 is 11.8 Å². The first-order chi connectivity index (χ1) is 9.17. The number of alkyl halides is 3. The third kappa shape index (κ3) is 18.8. The SMILES string of the molecule is C.C.C.CC(C)NCC(F)(F)F.CSc1ccccc1C(C)C.[Y]. The van der Waals surface area contributed by atoms with E-state index in [2.05, 4.69) is 49.7 Å². The van der Waals surface area contributed by atoms with Crippen LogP contribution in [0.1, 0.15) is 61.5 Å². The minimum Gasteiger partial charge on any atom is -0.306 e. The van der Waals surface area contributed by atoms with Gasteiger partial charge < -0.3 is 5.32 Å². The van der Waals surface area contributed by atoms with Crippen LogP contribution in [-0.4, -0.2) is 25.0 Å². The minimum atomic E-state index is -4.08. The summed E-state index contributed by atoms with van der Waals surface area (Å²) in [5, 5.41) is 2.26. The summed E-state index contributed by atoms with van der Waals surface area (Å²) >= 11 is 1.82. The molecule has 6 heteroatoms. The monoisotopic (exact) mass is 444 g/mol. The second-order valence-corrected chi connectivity index (χ2v) is 5.90. The van der Waals surface area contributed by atoms with Crippen molar-refractivity contribution in [3.8, 4) is 0 Å². The summed E-state index contributed by atoms with van der Waals surface area (Å²) in [4.78, 5) is 1.41. The zero-order valence-corrected chi connectivity index (χ0v) is 16.9. The van der Waals surface area contributed by atoms with Gasteiger partial charge in [0.25, 0.3) is 0 Å². The van der Waals surface area contributed by atoms with Crippen molar-refractivity contribution in [1.82, 2.24) is 5.32 Å². The molecule has 0 unspecified atom stereocenters. The van der Waals surface area contributed by atoms with Crippen LogP contribution in [0, 0.1) is 0 Å². The van der Waals surface area contributed by atoms with E-state index in [-0.39, 0.29) is 61.0 Å². The first kappa shape index (κ1) is 35.5. The van der Waals surface area contributed by atoms with Gasteiger partial charge in [-0.3, -0.25) is 0 Å². The number of hydrogen-bond donors (Lipinski definition) is 1. The first-order valence-corrected chi connectivity index (χ1v) is 7.83. The van der Waals surface area contributed by atoms with Crippen LogP contribution in [0.5, 0.6) is 0 Å². The van der Waals surface area contributed by atoms with Crippen LogP contribution < -0.4 is 5.32 Å². The molecule has 0 atom stereocenters. The number of benzene rings is 1. The molecule has 1 rings (SSSR count). The molecule has 1 N–H and O–H groups in total. The maximum atomic E-state index is 11.4. The summed E-state index contributed by atoms with van der Waals surface area (Å²) in [5.41, 5.74) is 1.46. The van der Waals surface area contributed by atoms with E-state index in [1.54, 1.807) is 13.8 Å². The van der Waals surface area contributed by atoms with Gasteiger partial charge in [0, 0.05) is 43.6 Å². The molecule has 1 aromatic rings. The van der Waals surface area contributed by atoms with Gasteiger partial charge in [0.15, 0.2) is 0 Å². The number of hydrogen-bond acceptors (Lipinski definition) is 2. The summed E-state index contributed by atoms with van der Waals surface area (Å²) in [6.45, 7) is 6.91. The van der Waals surface area contributed by atoms with Crippen LogP contribution >= 0.6 is 11.8 Å². The van der Waals surface area contributed by atoms with E-state index in [1.807, 2.05) is 11.8 Å². The van der Waals surface area contributed by atoms with Gasteiger partial charge in [-0.15, -0.1) is 11.8 Å². The van der Waals surface area contributed by atoms with Crippen molar-refractivity contribution in [3.63, 3.8) is 0 Å². The fraction of sp³-hybridized carbons (Fsp3) is 0.667. The molecular formula is C18H36F3NSY. The maximum Gasteiger partial charge on any atom is 0.401 e. The summed E-state index contributed by atoms with van der Waals surface area (Å²) in [6.07, 6.45) is -1.95. The topological polar surface area (TPSA) is 12.0 Å². The van der Waals surface area contributed by atoms with E-state index in [4.69, 9.17) is 0 Å². The smallest absolute Gasteiger partial charge is 0.306 e. The fourth-order valence-corrected chi connectivity index (χ4v) is 2.22. The van der Waals surface area contributed by atoms with Crippen LogP contribution in [0.15, 0.2) is 29.2 Å². The zero-order valence-electron chi connectivity index (χ0n) is 13.3. The summed E-state index contributed by atoms with van der Waals surface area (Å²) in [5.74, 6) is 0.638. The van der Waals surface area contributed by atoms with Gasteiger partial charge in [0.05, 0.1) is 6.54 Å². The summed E-state index contributed by atoms with van der Waals surface area (Å²) in [7, 11) is 0. The Labute approximate surface area is 177 Å². The van der Waals surface area contributed by atoms with Gasteiger partial charge in [-0.2, -0.15) is 13.2 Å². The first-order valence-electron chi connectivity index (χ1n) is 6.60. The minimum absolute atomic E-state index is 0. The molecule has 0 aliphatic heterocycles. The van der Waals surface area contributed by atoms with Crippen molar-refractivity contribution in [3.05, 3.63) is 29.8 Å². The largest absolute Gasteiger partial charge is 0.401 e. The molecule has 1 nitrogen and oxygen atoms in total. The zero-order chi connectivity index (χ0) is 15.8. The van der Waals surface area contributed by atoms with Gasteiger partial charge in [-0.25, -0.2) is 0 Å². The van der Waals surface area contributed by atoms with Crippen LogP contribution in [0.25, 0.3) is 0 Å². The Morgan fingerprint density at radius 1 is 1.00 bits per heavy atom. The van der Waals surface area contributed by atoms with Gasteiger partial charge >= 0.3 is 6.18 Å². The van der Waals surface area contributed by atoms with Gasteiger partial charge in [0.2, 0.25) is 0 Å². The molecule has 0 aliphatic rings. The van der Waals surface area contributed by atoms with Crippen molar-refractivity contribution in [1.29, 1.82) is 0 Å². The van der Waals surface area contributed by atoms with Crippen molar-refractivity contribution in [2.45, 2.75) is 73.0 Å². The quantitative estimate of drug-likeness (QED) is 0.503. The van der Waals surface area contributed by atoms with Crippen LogP contribution in [0.2, 0.25) is 0 Å². The standard InChI is InChI=1S/C10H14S.C5H10F3N.3CH4.Y/c1-8(2)9-6-4-5-7-10(9)11-3;1-4(2)9-3-5(6,7)8;;;;/h4-8H,1-3H3;4,9H,3H2,1-2H3;3*1H4;. The molecule has 1 radical (unpaired) electrons. The predicted molar refractivity (Wildman–Crippen MR) is 102 cm³/mol. The summed E-state index contributed by atoms with van der Waals surface area (Å²) in [6, 6.07) is 8.48. The number of nitrogens with one attached hydrogen (secondary N) is 1. The molecule has 24 heavy (non-hydrogen) atoms. The molecule has 0 heterocycles. The molecular weight excluding hydrogens is 408 g/mol. The third-order valence-electron chi connectivity index (χ3n) is 2.47. The van der Waals surface area contributed by atoms with E-state index < -0.39 is 12.7 Å².